The monoisotopic (exact) mass is 323 g/mol. The van der Waals surface area contributed by atoms with E-state index in [9.17, 15) is 8.42 Å². The molecule has 0 amide bonds. The summed E-state index contributed by atoms with van der Waals surface area (Å²) < 4.78 is 24.0. The van der Waals surface area contributed by atoms with Crippen molar-refractivity contribution in [2.24, 2.45) is 5.16 Å². The van der Waals surface area contributed by atoms with Gasteiger partial charge in [-0.3, -0.25) is 0 Å². The Morgan fingerprint density at radius 1 is 1.37 bits per heavy atom. The van der Waals surface area contributed by atoms with Crippen LogP contribution in [-0.4, -0.2) is 30.3 Å². The molecule has 4 nitrogen and oxygen atoms in total. The predicted molar refractivity (Wildman–Crippen MR) is 78.3 cm³/mol. The molecule has 0 heterocycles. The van der Waals surface area contributed by atoms with Crippen molar-refractivity contribution in [3.8, 4) is 0 Å². The third-order valence-electron chi connectivity index (χ3n) is 2.83. The van der Waals surface area contributed by atoms with E-state index < -0.39 is 15.1 Å². The summed E-state index contributed by atoms with van der Waals surface area (Å²) in [4.78, 5) is 0. The lowest BCUT2D eigenvalue weighted by Crippen LogP contribution is -2.32. The van der Waals surface area contributed by atoms with E-state index in [1.807, 2.05) is 0 Å². The number of benzene rings is 1. The fraction of sp³-hybridized carbons (Fsp3) is 0.417. The van der Waals surface area contributed by atoms with E-state index in [0.29, 0.717) is 17.0 Å². The minimum Gasteiger partial charge on any atom is -0.411 e. The van der Waals surface area contributed by atoms with Crippen molar-refractivity contribution in [1.82, 2.24) is 0 Å². The van der Waals surface area contributed by atoms with Gasteiger partial charge < -0.3 is 5.21 Å². The minimum absolute atomic E-state index is 0.0320. The highest BCUT2D eigenvalue weighted by Gasteiger charge is 2.30. The summed E-state index contributed by atoms with van der Waals surface area (Å²) in [5.74, 6) is -0.0320. The Labute approximate surface area is 122 Å². The Balaban J connectivity index is 3.35. The first-order chi connectivity index (χ1) is 8.87. The van der Waals surface area contributed by atoms with Gasteiger partial charge in [-0.15, -0.1) is 0 Å². The van der Waals surface area contributed by atoms with Crippen LogP contribution >= 0.6 is 23.2 Å². The molecule has 0 aliphatic heterocycles. The van der Waals surface area contributed by atoms with Gasteiger partial charge in [0.25, 0.3) is 0 Å². The number of sulfone groups is 1. The van der Waals surface area contributed by atoms with Gasteiger partial charge in [0.15, 0.2) is 9.84 Å². The van der Waals surface area contributed by atoms with Gasteiger partial charge in [-0.25, -0.2) is 8.42 Å². The molecule has 0 fully saturated rings. The van der Waals surface area contributed by atoms with E-state index in [4.69, 9.17) is 28.4 Å². The summed E-state index contributed by atoms with van der Waals surface area (Å²) in [5.41, 5.74) is 0.420. The van der Waals surface area contributed by atoms with Crippen molar-refractivity contribution in [1.29, 1.82) is 0 Å². The molecular weight excluding hydrogens is 309 g/mol. The summed E-state index contributed by atoms with van der Waals surface area (Å²) in [6, 6.07) is 4.60. The molecule has 0 radical (unpaired) electrons. The molecule has 7 heteroatoms. The molecule has 0 aliphatic carbocycles. The molecule has 1 rings (SSSR count). The summed E-state index contributed by atoms with van der Waals surface area (Å²) in [5, 5.41) is 12.1. The second-order valence-electron chi connectivity index (χ2n) is 3.96. The Bertz CT molecular complexity index is 585. The largest absolute Gasteiger partial charge is 0.411 e. The van der Waals surface area contributed by atoms with Crippen LogP contribution in [0.5, 0.6) is 0 Å². The van der Waals surface area contributed by atoms with Gasteiger partial charge in [-0.05, 0) is 24.6 Å². The number of rotatable bonds is 5. The summed E-state index contributed by atoms with van der Waals surface area (Å²) >= 11 is 11.8. The van der Waals surface area contributed by atoms with Crippen molar-refractivity contribution in [3.05, 3.63) is 33.8 Å². The van der Waals surface area contributed by atoms with Crippen LogP contribution in [0.1, 0.15) is 25.8 Å². The van der Waals surface area contributed by atoms with Gasteiger partial charge in [-0.1, -0.05) is 42.2 Å². The van der Waals surface area contributed by atoms with Gasteiger partial charge in [-0.2, -0.15) is 0 Å². The highest BCUT2D eigenvalue weighted by atomic mass is 35.5. The van der Waals surface area contributed by atoms with E-state index in [0.717, 1.165) is 0 Å². The molecule has 19 heavy (non-hydrogen) atoms. The topological polar surface area (TPSA) is 66.7 Å². The lowest BCUT2D eigenvalue weighted by molar-refractivity contribution is 0.318. The zero-order valence-corrected chi connectivity index (χ0v) is 12.9. The number of nitrogens with zero attached hydrogens (tertiary/aromatic N) is 1. The maximum atomic E-state index is 12.0. The molecule has 0 aromatic heterocycles. The van der Waals surface area contributed by atoms with Crippen molar-refractivity contribution in [3.63, 3.8) is 0 Å². The van der Waals surface area contributed by atoms with Crippen molar-refractivity contribution in [2.45, 2.75) is 25.5 Å². The lowest BCUT2D eigenvalue weighted by atomic mass is 10.1. The van der Waals surface area contributed by atoms with Crippen LogP contribution in [0.4, 0.5) is 0 Å². The highest BCUT2D eigenvalue weighted by Crippen LogP contribution is 2.25. The van der Waals surface area contributed by atoms with E-state index in [2.05, 4.69) is 5.16 Å². The van der Waals surface area contributed by atoms with Gasteiger partial charge in [0.05, 0.1) is 5.02 Å². The number of halogens is 2. The van der Waals surface area contributed by atoms with Crippen LogP contribution in [0, 0.1) is 0 Å². The zero-order valence-electron chi connectivity index (χ0n) is 10.6. The molecule has 106 valence electrons. The molecule has 1 aromatic rings. The lowest BCUT2D eigenvalue weighted by Gasteiger charge is -2.17. The quantitative estimate of drug-likeness (QED) is 0.513. The fourth-order valence-electron chi connectivity index (χ4n) is 1.81. The van der Waals surface area contributed by atoms with Gasteiger partial charge in [0.1, 0.15) is 11.0 Å². The first kappa shape index (κ1) is 16.3. The molecule has 0 unspecified atom stereocenters. The highest BCUT2D eigenvalue weighted by molar-refractivity contribution is 7.92. The van der Waals surface area contributed by atoms with E-state index in [1.54, 1.807) is 26.0 Å². The maximum Gasteiger partial charge on any atom is 0.158 e. The SMILES string of the molecule is CC[C@@H](/C(=N\O)c1ccc(Cl)cc1Cl)S(=O)(=O)CC. The third-order valence-corrected chi connectivity index (χ3v) is 5.60. The van der Waals surface area contributed by atoms with Crippen molar-refractivity contribution < 1.29 is 13.6 Å². The predicted octanol–water partition coefficient (Wildman–Crippen LogP) is 3.39. The number of hydrogen-bond acceptors (Lipinski definition) is 4. The van der Waals surface area contributed by atoms with E-state index in [-0.39, 0.29) is 16.5 Å². The molecule has 1 aromatic carbocycles. The Morgan fingerprint density at radius 3 is 2.42 bits per heavy atom. The number of oxime groups is 1. The van der Waals surface area contributed by atoms with Crippen molar-refractivity contribution >= 4 is 38.8 Å². The maximum absolute atomic E-state index is 12.0. The molecule has 0 aliphatic rings. The smallest absolute Gasteiger partial charge is 0.158 e. The van der Waals surface area contributed by atoms with Crippen LogP contribution < -0.4 is 0 Å². The second kappa shape index (κ2) is 6.59. The molecule has 1 N–H and O–H groups in total. The van der Waals surface area contributed by atoms with Gasteiger partial charge >= 0.3 is 0 Å². The van der Waals surface area contributed by atoms with Gasteiger partial charge in [0.2, 0.25) is 0 Å². The first-order valence-electron chi connectivity index (χ1n) is 5.76. The Morgan fingerprint density at radius 2 is 2.00 bits per heavy atom. The van der Waals surface area contributed by atoms with Crippen LogP contribution in [0.15, 0.2) is 23.4 Å². The molecule has 0 saturated heterocycles. The second-order valence-corrected chi connectivity index (χ2v) is 7.27. The molecule has 1 atom stereocenters. The first-order valence-corrected chi connectivity index (χ1v) is 8.23. The van der Waals surface area contributed by atoms with Crippen LogP contribution in [0.3, 0.4) is 0 Å². The summed E-state index contributed by atoms with van der Waals surface area (Å²) in [6.07, 6.45) is 0.300. The third kappa shape index (κ3) is 3.61. The zero-order chi connectivity index (χ0) is 14.6. The van der Waals surface area contributed by atoms with E-state index >= 15 is 0 Å². The average Bonchev–Trinajstić information content (AvgIpc) is 2.36. The summed E-state index contributed by atoms with van der Waals surface area (Å²) in [7, 11) is -3.38. The molecule has 0 spiro atoms. The summed E-state index contributed by atoms with van der Waals surface area (Å²) in [6.45, 7) is 3.27. The number of hydrogen-bond donors (Lipinski definition) is 1. The average molecular weight is 324 g/mol. The minimum atomic E-state index is -3.38. The van der Waals surface area contributed by atoms with Crippen LogP contribution in [0.2, 0.25) is 10.0 Å². The normalized spacial score (nSPS) is 14.4. The van der Waals surface area contributed by atoms with Crippen molar-refractivity contribution in [2.75, 3.05) is 5.75 Å². The van der Waals surface area contributed by atoms with Crippen LogP contribution in [0.25, 0.3) is 0 Å². The van der Waals surface area contributed by atoms with Gasteiger partial charge in [0, 0.05) is 16.3 Å². The fourth-order valence-corrected chi connectivity index (χ4v) is 3.74. The molecule has 0 bridgehead atoms. The molecule has 0 saturated carbocycles. The molecular formula is C12H15Cl2NO3S. The van der Waals surface area contributed by atoms with Crippen LogP contribution in [-0.2, 0) is 9.84 Å². The Kier molecular flexibility index (Phi) is 5.64. The standard InChI is InChI=1S/C12H15Cl2NO3S/c1-3-11(19(17,18)4-2)12(15-16)9-6-5-8(13)7-10(9)14/h5-7,11,16H,3-4H2,1-2H3/b15-12-/t11-/m0/s1. The van der Waals surface area contributed by atoms with E-state index in [1.165, 1.54) is 6.07 Å². The Hall–Kier alpha value is -0.780.